The van der Waals surface area contributed by atoms with E-state index in [2.05, 4.69) is 10.1 Å². The third kappa shape index (κ3) is 4.38. The van der Waals surface area contributed by atoms with Crippen LogP contribution in [0.3, 0.4) is 0 Å². The summed E-state index contributed by atoms with van der Waals surface area (Å²) in [6.07, 6.45) is 0.0326. The molecule has 7 heteroatoms. The first-order chi connectivity index (χ1) is 12.0. The Balaban J connectivity index is 2.23. The van der Waals surface area contributed by atoms with Crippen molar-refractivity contribution in [2.75, 3.05) is 7.11 Å². The number of hydrogen-bond acceptors (Lipinski definition) is 4. The predicted molar refractivity (Wildman–Crippen MR) is 84.5 cm³/mol. The van der Waals surface area contributed by atoms with E-state index in [0.29, 0.717) is 11.1 Å². The fourth-order valence-corrected chi connectivity index (χ4v) is 2.25. The fourth-order valence-electron chi connectivity index (χ4n) is 2.25. The number of esters is 1. The molecule has 1 atom stereocenters. The van der Waals surface area contributed by atoms with Crippen molar-refractivity contribution in [3.8, 4) is 6.07 Å². The summed E-state index contributed by atoms with van der Waals surface area (Å²) < 4.78 is 31.6. The molecule has 0 spiro atoms. The van der Waals surface area contributed by atoms with Crippen molar-refractivity contribution in [2.45, 2.75) is 12.5 Å². The lowest BCUT2D eigenvalue weighted by molar-refractivity contribution is -0.142. The molecule has 2 rings (SSSR count). The van der Waals surface area contributed by atoms with E-state index in [0.717, 1.165) is 19.2 Å². The van der Waals surface area contributed by atoms with E-state index < -0.39 is 35.1 Å². The van der Waals surface area contributed by atoms with E-state index in [-0.39, 0.29) is 6.42 Å². The van der Waals surface area contributed by atoms with Gasteiger partial charge in [-0.05, 0) is 29.8 Å². The number of carbonyl (C=O) groups excluding carboxylic acids is 2. The average Bonchev–Trinajstić information content (AvgIpc) is 2.62. The van der Waals surface area contributed by atoms with Crippen molar-refractivity contribution in [1.29, 1.82) is 5.26 Å². The molecule has 0 saturated carbocycles. The van der Waals surface area contributed by atoms with E-state index >= 15 is 0 Å². The zero-order chi connectivity index (χ0) is 18.4. The second kappa shape index (κ2) is 8.02. The van der Waals surface area contributed by atoms with Crippen LogP contribution in [-0.2, 0) is 16.0 Å². The number of carbonyl (C=O) groups is 2. The van der Waals surface area contributed by atoms with E-state index in [1.165, 1.54) is 6.07 Å². The lowest BCUT2D eigenvalue weighted by Gasteiger charge is -2.17. The minimum absolute atomic E-state index is 0.0326. The highest BCUT2D eigenvalue weighted by Gasteiger charge is 2.24. The third-order valence-electron chi connectivity index (χ3n) is 3.48. The van der Waals surface area contributed by atoms with Crippen molar-refractivity contribution in [3.63, 3.8) is 0 Å². The van der Waals surface area contributed by atoms with E-state index in [9.17, 15) is 18.4 Å². The molecule has 2 aromatic carbocycles. The van der Waals surface area contributed by atoms with Crippen molar-refractivity contribution >= 4 is 11.9 Å². The van der Waals surface area contributed by atoms with Crippen LogP contribution in [0.1, 0.15) is 21.5 Å². The minimum atomic E-state index is -1.30. The van der Waals surface area contributed by atoms with E-state index in [1.54, 1.807) is 24.3 Å². The van der Waals surface area contributed by atoms with E-state index in [1.807, 2.05) is 6.07 Å². The average molecular weight is 344 g/mol. The van der Waals surface area contributed by atoms with Crippen molar-refractivity contribution in [1.82, 2.24) is 5.32 Å². The molecule has 0 aliphatic rings. The fraction of sp³-hybridized carbons (Fsp3) is 0.167. The number of methoxy groups -OCH3 is 1. The van der Waals surface area contributed by atoms with Gasteiger partial charge in [0.05, 0.1) is 24.3 Å². The highest BCUT2D eigenvalue weighted by atomic mass is 19.2. The Morgan fingerprint density at radius 3 is 2.64 bits per heavy atom. The molecule has 0 aliphatic carbocycles. The summed E-state index contributed by atoms with van der Waals surface area (Å²) in [5.41, 5.74) is 0.484. The Labute approximate surface area is 142 Å². The van der Waals surface area contributed by atoms with Gasteiger partial charge in [0, 0.05) is 6.42 Å². The summed E-state index contributed by atoms with van der Waals surface area (Å²) >= 11 is 0. The van der Waals surface area contributed by atoms with E-state index in [4.69, 9.17) is 5.26 Å². The Kier molecular flexibility index (Phi) is 5.79. The van der Waals surface area contributed by atoms with Crippen LogP contribution in [0.2, 0.25) is 0 Å². The Morgan fingerprint density at radius 2 is 1.96 bits per heavy atom. The molecule has 128 valence electrons. The van der Waals surface area contributed by atoms with Gasteiger partial charge in [0.1, 0.15) is 6.04 Å². The summed E-state index contributed by atoms with van der Waals surface area (Å²) in [5, 5.41) is 11.2. The molecule has 0 unspecified atom stereocenters. The molecule has 0 heterocycles. The quantitative estimate of drug-likeness (QED) is 0.845. The van der Waals surface area contributed by atoms with Crippen molar-refractivity contribution < 1.29 is 23.1 Å². The number of amides is 1. The standard InChI is InChI=1S/C18H14F2N2O3/c1-25-18(24)15(9-11-4-2-5-12(8-11)10-21)22-17(23)13-6-3-7-14(19)16(13)20/h2-8,15H,9H2,1H3,(H,22,23)/t15-/m0/s1. The second-order valence-electron chi connectivity index (χ2n) is 5.17. The molecule has 0 bridgehead atoms. The largest absolute Gasteiger partial charge is 0.467 e. The first-order valence-corrected chi connectivity index (χ1v) is 7.28. The Hall–Kier alpha value is -3.27. The lowest BCUT2D eigenvalue weighted by Crippen LogP contribution is -2.43. The van der Waals surface area contributed by atoms with Crippen molar-refractivity contribution in [2.24, 2.45) is 0 Å². The van der Waals surface area contributed by atoms with Crippen LogP contribution in [0.15, 0.2) is 42.5 Å². The predicted octanol–water partition coefficient (Wildman–Crippen LogP) is 2.35. The van der Waals surface area contributed by atoms with Gasteiger partial charge in [-0.1, -0.05) is 18.2 Å². The normalized spacial score (nSPS) is 11.3. The molecule has 1 N–H and O–H groups in total. The Morgan fingerprint density at radius 1 is 1.24 bits per heavy atom. The zero-order valence-corrected chi connectivity index (χ0v) is 13.3. The zero-order valence-electron chi connectivity index (χ0n) is 13.3. The minimum Gasteiger partial charge on any atom is -0.467 e. The Bertz CT molecular complexity index is 846. The summed E-state index contributed by atoms with van der Waals surface area (Å²) in [5.74, 6) is -4.14. The second-order valence-corrected chi connectivity index (χ2v) is 5.17. The molecule has 2 aromatic rings. The van der Waals surface area contributed by atoms with Gasteiger partial charge in [-0.25, -0.2) is 13.6 Å². The number of ether oxygens (including phenoxy) is 1. The molecule has 0 aromatic heterocycles. The molecular weight excluding hydrogens is 330 g/mol. The van der Waals surface area contributed by atoms with Gasteiger partial charge in [0.25, 0.3) is 5.91 Å². The maximum Gasteiger partial charge on any atom is 0.328 e. The molecule has 0 fully saturated rings. The first-order valence-electron chi connectivity index (χ1n) is 7.28. The molecule has 5 nitrogen and oxygen atoms in total. The summed E-state index contributed by atoms with van der Waals surface area (Å²) in [6, 6.07) is 10.5. The summed E-state index contributed by atoms with van der Waals surface area (Å²) in [4.78, 5) is 24.1. The number of nitrogens with one attached hydrogen (secondary N) is 1. The first kappa shape index (κ1) is 18.1. The molecule has 0 radical (unpaired) electrons. The van der Waals surface area contributed by atoms with Crippen LogP contribution in [0, 0.1) is 23.0 Å². The van der Waals surface area contributed by atoms with Gasteiger partial charge in [0.15, 0.2) is 11.6 Å². The molecular formula is C18H14F2N2O3. The highest BCUT2D eigenvalue weighted by molar-refractivity contribution is 5.97. The molecule has 0 aliphatic heterocycles. The van der Waals surface area contributed by atoms with Gasteiger partial charge in [-0.3, -0.25) is 4.79 Å². The number of nitrogens with zero attached hydrogens (tertiary/aromatic N) is 1. The molecule has 1 amide bonds. The van der Waals surface area contributed by atoms with Crippen LogP contribution in [0.25, 0.3) is 0 Å². The summed E-state index contributed by atoms with van der Waals surface area (Å²) in [7, 11) is 1.15. The SMILES string of the molecule is COC(=O)[C@H](Cc1cccc(C#N)c1)NC(=O)c1cccc(F)c1F. The van der Waals surface area contributed by atoms with Crippen LogP contribution in [0.4, 0.5) is 8.78 Å². The molecule has 25 heavy (non-hydrogen) atoms. The van der Waals surface area contributed by atoms with Crippen LogP contribution < -0.4 is 5.32 Å². The topological polar surface area (TPSA) is 79.2 Å². The monoisotopic (exact) mass is 344 g/mol. The lowest BCUT2D eigenvalue weighted by atomic mass is 10.0. The van der Waals surface area contributed by atoms with Crippen molar-refractivity contribution in [3.05, 3.63) is 70.8 Å². The number of benzene rings is 2. The molecule has 0 saturated heterocycles. The number of halogens is 2. The summed E-state index contributed by atoms with van der Waals surface area (Å²) in [6.45, 7) is 0. The third-order valence-corrected chi connectivity index (χ3v) is 3.48. The number of nitriles is 1. The number of hydrogen-bond donors (Lipinski definition) is 1. The smallest absolute Gasteiger partial charge is 0.328 e. The maximum atomic E-state index is 13.7. The van der Waals surface area contributed by atoms with Crippen LogP contribution >= 0.6 is 0 Å². The van der Waals surface area contributed by atoms with Gasteiger partial charge >= 0.3 is 5.97 Å². The highest BCUT2D eigenvalue weighted by Crippen LogP contribution is 2.13. The maximum absolute atomic E-state index is 13.7. The number of rotatable bonds is 5. The van der Waals surface area contributed by atoms with Gasteiger partial charge in [-0.15, -0.1) is 0 Å². The van der Waals surface area contributed by atoms with Crippen LogP contribution in [0.5, 0.6) is 0 Å². The van der Waals surface area contributed by atoms with Gasteiger partial charge < -0.3 is 10.1 Å². The van der Waals surface area contributed by atoms with Gasteiger partial charge in [-0.2, -0.15) is 5.26 Å². The van der Waals surface area contributed by atoms with Gasteiger partial charge in [0.2, 0.25) is 0 Å². The van der Waals surface area contributed by atoms with Crippen LogP contribution in [-0.4, -0.2) is 25.0 Å².